The number of hydrogen-bond acceptors (Lipinski definition) is 4. The van der Waals surface area contributed by atoms with Gasteiger partial charge in [-0.2, -0.15) is 0 Å². The third-order valence-corrected chi connectivity index (χ3v) is 4.30. The molecule has 122 valence electrons. The quantitative estimate of drug-likeness (QED) is 0.622. The number of thioether (sulfide) groups is 1. The molecule has 3 aromatic rings. The number of anilines is 1. The summed E-state index contributed by atoms with van der Waals surface area (Å²) in [6.07, 6.45) is 0. The highest BCUT2D eigenvalue weighted by molar-refractivity contribution is 7.99. The molecular weight excluding hydrogens is 324 g/mol. The lowest BCUT2D eigenvalue weighted by Crippen LogP contribution is -2.19. The number of fused-ring (bicyclic) bond motifs is 1. The first-order chi connectivity index (χ1) is 11.5. The lowest BCUT2D eigenvalue weighted by atomic mass is 10.1. The molecule has 24 heavy (non-hydrogen) atoms. The summed E-state index contributed by atoms with van der Waals surface area (Å²) in [6, 6.07) is 12.6. The minimum Gasteiger partial charge on any atom is -0.366 e. The average Bonchev–Trinajstić information content (AvgIpc) is 2.95. The fraction of sp³-hybridized carbons (Fsp3) is 0.118. The molecule has 0 saturated carbocycles. The van der Waals surface area contributed by atoms with Crippen molar-refractivity contribution in [3.63, 3.8) is 0 Å². The lowest BCUT2D eigenvalue weighted by Gasteiger charge is -2.07. The Bertz CT molecular complexity index is 920. The Balaban J connectivity index is 1.66. The first kappa shape index (κ1) is 16.1. The molecule has 0 radical (unpaired) electrons. The van der Waals surface area contributed by atoms with E-state index in [0.29, 0.717) is 10.8 Å². The molecule has 6 nitrogen and oxygen atoms in total. The van der Waals surface area contributed by atoms with Crippen molar-refractivity contribution in [2.45, 2.75) is 12.1 Å². The number of nitrogens with one attached hydrogen (secondary N) is 2. The van der Waals surface area contributed by atoms with Crippen molar-refractivity contribution in [1.82, 2.24) is 9.97 Å². The molecule has 0 aliphatic rings. The van der Waals surface area contributed by atoms with Crippen molar-refractivity contribution in [2.75, 3.05) is 11.1 Å². The Morgan fingerprint density at radius 2 is 2.04 bits per heavy atom. The van der Waals surface area contributed by atoms with E-state index in [9.17, 15) is 9.59 Å². The van der Waals surface area contributed by atoms with Crippen molar-refractivity contribution in [3.8, 4) is 0 Å². The third kappa shape index (κ3) is 3.57. The molecule has 0 saturated heterocycles. The number of nitrogens with zero attached hydrogens (tertiary/aromatic N) is 1. The van der Waals surface area contributed by atoms with Crippen LogP contribution in [0.1, 0.15) is 15.9 Å². The van der Waals surface area contributed by atoms with Gasteiger partial charge in [0.15, 0.2) is 5.16 Å². The number of nitrogens with two attached hydrogens (primary N) is 1. The fourth-order valence-electron chi connectivity index (χ4n) is 2.30. The number of aromatic nitrogens is 2. The van der Waals surface area contributed by atoms with Crippen LogP contribution in [0.2, 0.25) is 0 Å². The molecule has 0 unspecified atom stereocenters. The van der Waals surface area contributed by atoms with Gasteiger partial charge in [-0.25, -0.2) is 4.98 Å². The van der Waals surface area contributed by atoms with Crippen LogP contribution in [-0.4, -0.2) is 27.5 Å². The van der Waals surface area contributed by atoms with Gasteiger partial charge in [-0.1, -0.05) is 30.0 Å². The maximum absolute atomic E-state index is 12.1. The zero-order valence-electron chi connectivity index (χ0n) is 13.0. The van der Waals surface area contributed by atoms with Crippen LogP contribution < -0.4 is 11.1 Å². The van der Waals surface area contributed by atoms with E-state index >= 15 is 0 Å². The molecule has 4 N–H and O–H groups in total. The van der Waals surface area contributed by atoms with Crippen LogP contribution in [-0.2, 0) is 4.79 Å². The lowest BCUT2D eigenvalue weighted by molar-refractivity contribution is -0.113. The second-order valence-corrected chi connectivity index (χ2v) is 6.27. The molecule has 0 bridgehead atoms. The monoisotopic (exact) mass is 340 g/mol. The van der Waals surface area contributed by atoms with Gasteiger partial charge in [0.2, 0.25) is 5.91 Å². The van der Waals surface area contributed by atoms with Crippen molar-refractivity contribution in [1.29, 1.82) is 0 Å². The summed E-state index contributed by atoms with van der Waals surface area (Å²) in [4.78, 5) is 31.1. The predicted molar refractivity (Wildman–Crippen MR) is 95.1 cm³/mol. The Hall–Kier alpha value is -2.80. The number of imidazole rings is 1. The number of carbonyl (C=O) groups excluding carboxylic acids is 2. The van der Waals surface area contributed by atoms with E-state index in [1.54, 1.807) is 24.3 Å². The number of rotatable bonds is 5. The molecule has 0 fully saturated rings. The average molecular weight is 340 g/mol. The molecule has 0 spiro atoms. The number of aromatic amines is 1. The first-order valence-corrected chi connectivity index (χ1v) is 8.29. The number of benzene rings is 2. The number of hydrogen-bond donors (Lipinski definition) is 3. The van der Waals surface area contributed by atoms with Gasteiger partial charge in [-0.3, -0.25) is 9.59 Å². The van der Waals surface area contributed by atoms with Crippen molar-refractivity contribution in [3.05, 3.63) is 53.6 Å². The molecule has 0 aliphatic carbocycles. The van der Waals surface area contributed by atoms with Crippen LogP contribution >= 0.6 is 11.8 Å². The van der Waals surface area contributed by atoms with Crippen molar-refractivity contribution < 1.29 is 9.59 Å². The Morgan fingerprint density at radius 3 is 2.83 bits per heavy atom. The standard InChI is InChI=1S/C17H16N4O2S/c1-10-6-7-13-14(8-10)21-17(20-13)24-9-15(22)19-12-5-3-2-4-11(12)16(18)23/h2-8H,9H2,1H3,(H2,18,23)(H,19,22)(H,20,21). The molecule has 7 heteroatoms. The van der Waals surface area contributed by atoms with Crippen LogP contribution in [0.4, 0.5) is 5.69 Å². The van der Waals surface area contributed by atoms with E-state index in [2.05, 4.69) is 15.3 Å². The van der Waals surface area contributed by atoms with Gasteiger partial charge in [-0.05, 0) is 36.8 Å². The normalized spacial score (nSPS) is 10.7. The van der Waals surface area contributed by atoms with E-state index in [4.69, 9.17) is 5.73 Å². The van der Waals surface area contributed by atoms with Crippen molar-refractivity contribution >= 4 is 40.3 Å². The maximum atomic E-state index is 12.1. The second-order valence-electron chi connectivity index (χ2n) is 5.31. The number of H-pyrrole nitrogens is 1. The molecule has 3 rings (SSSR count). The highest BCUT2D eigenvalue weighted by atomic mass is 32.2. The number of primary amides is 1. The van der Waals surface area contributed by atoms with Gasteiger partial charge in [-0.15, -0.1) is 0 Å². The summed E-state index contributed by atoms with van der Waals surface area (Å²) in [6.45, 7) is 2.01. The Morgan fingerprint density at radius 1 is 1.25 bits per heavy atom. The third-order valence-electron chi connectivity index (χ3n) is 3.42. The van der Waals surface area contributed by atoms with Crippen LogP contribution in [0, 0.1) is 6.92 Å². The molecule has 0 aliphatic heterocycles. The second kappa shape index (κ2) is 6.76. The highest BCUT2D eigenvalue weighted by Crippen LogP contribution is 2.21. The summed E-state index contributed by atoms with van der Waals surface area (Å²) in [5, 5.41) is 3.38. The Kier molecular flexibility index (Phi) is 4.52. The first-order valence-electron chi connectivity index (χ1n) is 7.31. The van der Waals surface area contributed by atoms with Crippen LogP contribution in [0.3, 0.4) is 0 Å². The molecule has 2 amide bonds. The summed E-state index contributed by atoms with van der Waals surface area (Å²) >= 11 is 1.30. The molecular formula is C17H16N4O2S. The van der Waals surface area contributed by atoms with Gasteiger partial charge in [0.05, 0.1) is 28.0 Å². The summed E-state index contributed by atoms with van der Waals surface area (Å²) in [5.74, 6) is -0.636. The van der Waals surface area contributed by atoms with E-state index in [1.807, 2.05) is 25.1 Å². The topological polar surface area (TPSA) is 101 Å². The highest BCUT2D eigenvalue weighted by Gasteiger charge is 2.11. The van der Waals surface area contributed by atoms with Gasteiger partial charge >= 0.3 is 0 Å². The van der Waals surface area contributed by atoms with E-state index in [-0.39, 0.29) is 17.2 Å². The van der Waals surface area contributed by atoms with E-state index in [0.717, 1.165) is 16.6 Å². The molecule has 0 atom stereocenters. The van der Waals surface area contributed by atoms with Crippen LogP contribution in [0.15, 0.2) is 47.6 Å². The smallest absolute Gasteiger partial charge is 0.250 e. The minimum absolute atomic E-state index is 0.173. The molecule has 1 heterocycles. The largest absolute Gasteiger partial charge is 0.366 e. The van der Waals surface area contributed by atoms with Gasteiger partial charge in [0.25, 0.3) is 5.91 Å². The fourth-order valence-corrected chi connectivity index (χ4v) is 2.98. The van der Waals surface area contributed by atoms with Gasteiger partial charge < -0.3 is 16.0 Å². The van der Waals surface area contributed by atoms with Crippen LogP contribution in [0.25, 0.3) is 11.0 Å². The number of carbonyl (C=O) groups is 2. The van der Waals surface area contributed by atoms with E-state index in [1.165, 1.54) is 11.8 Å². The van der Waals surface area contributed by atoms with E-state index < -0.39 is 5.91 Å². The Labute approximate surface area is 142 Å². The molecule has 1 aromatic heterocycles. The maximum Gasteiger partial charge on any atom is 0.250 e. The zero-order chi connectivity index (χ0) is 17.1. The summed E-state index contributed by atoms with van der Waals surface area (Å²) in [7, 11) is 0. The zero-order valence-corrected chi connectivity index (χ0v) is 13.8. The molecule has 2 aromatic carbocycles. The van der Waals surface area contributed by atoms with Crippen molar-refractivity contribution in [2.24, 2.45) is 5.73 Å². The van der Waals surface area contributed by atoms with Crippen LogP contribution in [0.5, 0.6) is 0 Å². The summed E-state index contributed by atoms with van der Waals surface area (Å²) < 4.78 is 0. The number of para-hydroxylation sites is 1. The number of aryl methyl sites for hydroxylation is 1. The van der Waals surface area contributed by atoms with Gasteiger partial charge in [0, 0.05) is 0 Å². The SMILES string of the molecule is Cc1ccc2nc(SCC(=O)Nc3ccccc3C(N)=O)[nH]c2c1. The number of amides is 2. The minimum atomic E-state index is -0.578. The summed E-state index contributed by atoms with van der Waals surface area (Å²) in [5.41, 5.74) is 8.95. The van der Waals surface area contributed by atoms with Gasteiger partial charge in [0.1, 0.15) is 0 Å². The predicted octanol–water partition coefficient (Wildman–Crippen LogP) is 2.70.